The number of nitrogens with zero attached hydrogens (tertiary/aromatic N) is 1. The fourth-order valence-electron chi connectivity index (χ4n) is 8.17. The molecule has 0 bridgehead atoms. The molecule has 0 N–H and O–H groups in total. The highest BCUT2D eigenvalue weighted by Gasteiger charge is 2.42. The number of aromatic nitrogens is 1. The Morgan fingerprint density at radius 3 is 1.71 bits per heavy atom. The minimum atomic E-state index is 0.154. The molecule has 1 aromatic heterocycles. The number of hydrogen-bond acceptors (Lipinski definition) is 0. The maximum Gasteiger partial charge on any atom is 0.241 e. The van der Waals surface area contributed by atoms with Crippen molar-refractivity contribution >= 4 is 46.2 Å². The Hall–Kier alpha value is -4.62. The molecule has 0 atom stereocenters. The van der Waals surface area contributed by atoms with Crippen molar-refractivity contribution in [1.29, 1.82) is 0 Å². The molecule has 1 nitrogen and oxygen atoms in total. The number of benzene rings is 5. The van der Waals surface area contributed by atoms with E-state index in [-0.39, 0.29) is 13.4 Å². The highest BCUT2D eigenvalue weighted by atomic mass is 14.9. The van der Waals surface area contributed by atoms with Gasteiger partial charge in [-0.2, -0.15) is 0 Å². The van der Waals surface area contributed by atoms with Gasteiger partial charge in [-0.25, -0.2) is 4.57 Å². The van der Waals surface area contributed by atoms with E-state index in [1.165, 1.54) is 88.5 Å². The minimum absolute atomic E-state index is 0.154. The Kier molecular flexibility index (Phi) is 7.36. The van der Waals surface area contributed by atoms with Crippen LogP contribution in [0.25, 0.3) is 22.4 Å². The molecular weight excluding hydrogens is 540 g/mol. The van der Waals surface area contributed by atoms with Crippen LogP contribution in [0.2, 0.25) is 0 Å². The molecule has 0 saturated heterocycles. The second kappa shape index (κ2) is 11.4. The normalized spacial score (nSPS) is 12.2. The third kappa shape index (κ3) is 4.86. The van der Waals surface area contributed by atoms with Crippen molar-refractivity contribution in [3.63, 3.8) is 0 Å². The van der Waals surface area contributed by atoms with E-state index in [1.807, 2.05) is 0 Å². The lowest BCUT2D eigenvalue weighted by Gasteiger charge is -2.36. The lowest BCUT2D eigenvalue weighted by Crippen LogP contribution is -2.76. The predicted molar refractivity (Wildman–Crippen MR) is 196 cm³/mol. The second-order valence-corrected chi connectivity index (χ2v) is 13.1. The fraction of sp³-hybridized carbons (Fsp3) is 0.167. The summed E-state index contributed by atoms with van der Waals surface area (Å²) in [7, 11) is 2.17. The Morgan fingerprint density at radius 2 is 1.07 bits per heavy atom. The summed E-state index contributed by atoms with van der Waals surface area (Å²) in [5, 5.41) is 0. The maximum atomic E-state index is 2.45. The Morgan fingerprint density at radius 1 is 0.467 bits per heavy atom. The molecule has 45 heavy (non-hydrogen) atoms. The molecule has 5 aromatic carbocycles. The summed E-state index contributed by atoms with van der Waals surface area (Å²) in [5.41, 5.74) is 21.7. The molecule has 3 heteroatoms. The largest absolute Gasteiger partial charge is 0.241 e. The first-order chi connectivity index (χ1) is 21.7. The summed E-state index contributed by atoms with van der Waals surface area (Å²) in [4.78, 5) is 0. The van der Waals surface area contributed by atoms with Crippen LogP contribution >= 0.6 is 0 Å². The molecule has 6 aromatic rings. The lowest BCUT2D eigenvalue weighted by molar-refractivity contribution is -0.660. The highest BCUT2D eigenvalue weighted by Crippen LogP contribution is 2.24. The molecule has 7 rings (SSSR count). The number of hydrogen-bond donors (Lipinski definition) is 0. The van der Waals surface area contributed by atoms with Crippen LogP contribution in [0.15, 0.2) is 115 Å². The quantitative estimate of drug-likeness (QED) is 0.203. The standard InChI is InChI=1S/C42H40B2N/c1-27-20-23-39(45(7)26-27)35-21-22-38-42(32(35)6)44(40-28(2)14-13-15-29(40)3)37-19-12-11-18-36(37)43(38)41-30(4)24-34(25-31(41)5)33-16-9-8-10-17-33/h8-26H,1-7H3/q+1. The van der Waals surface area contributed by atoms with E-state index >= 15 is 0 Å². The topological polar surface area (TPSA) is 3.88 Å². The molecule has 0 saturated carbocycles. The summed E-state index contributed by atoms with van der Waals surface area (Å²) in [6, 6.07) is 40.9. The van der Waals surface area contributed by atoms with Crippen LogP contribution in [0.1, 0.15) is 33.4 Å². The molecule has 0 fully saturated rings. The summed E-state index contributed by atoms with van der Waals surface area (Å²) >= 11 is 0. The number of aryl methyl sites for hydroxylation is 6. The molecule has 1 aliphatic heterocycles. The van der Waals surface area contributed by atoms with Gasteiger partial charge in [0.2, 0.25) is 19.1 Å². The summed E-state index contributed by atoms with van der Waals surface area (Å²) in [6.07, 6.45) is 2.23. The molecule has 0 radical (unpaired) electrons. The first kappa shape index (κ1) is 29.1. The van der Waals surface area contributed by atoms with Gasteiger partial charge in [0.15, 0.2) is 6.20 Å². The molecular formula is C42H40B2N+. The van der Waals surface area contributed by atoms with Gasteiger partial charge in [0.05, 0.1) is 0 Å². The van der Waals surface area contributed by atoms with Gasteiger partial charge in [0.25, 0.3) is 0 Å². The zero-order valence-electron chi connectivity index (χ0n) is 27.6. The smallest absolute Gasteiger partial charge is 0.201 e. The molecule has 218 valence electrons. The summed E-state index contributed by atoms with van der Waals surface area (Å²) < 4.78 is 2.28. The zero-order valence-corrected chi connectivity index (χ0v) is 27.6. The maximum absolute atomic E-state index is 2.45. The molecule has 0 aliphatic carbocycles. The van der Waals surface area contributed by atoms with Crippen LogP contribution in [0.5, 0.6) is 0 Å². The lowest BCUT2D eigenvalue weighted by atomic mass is 9.20. The van der Waals surface area contributed by atoms with Gasteiger partial charge in [0.1, 0.15) is 7.05 Å². The van der Waals surface area contributed by atoms with Gasteiger partial charge < -0.3 is 0 Å². The van der Waals surface area contributed by atoms with E-state index in [4.69, 9.17) is 0 Å². The highest BCUT2D eigenvalue weighted by molar-refractivity contribution is 7.11. The van der Waals surface area contributed by atoms with Crippen molar-refractivity contribution in [1.82, 2.24) is 0 Å². The van der Waals surface area contributed by atoms with E-state index < -0.39 is 0 Å². The van der Waals surface area contributed by atoms with Crippen LogP contribution in [0.3, 0.4) is 0 Å². The number of pyridine rings is 1. The molecule has 0 amide bonds. The first-order valence-electron chi connectivity index (χ1n) is 16.2. The molecule has 2 heterocycles. The van der Waals surface area contributed by atoms with Gasteiger partial charge in [-0.3, -0.25) is 0 Å². The first-order valence-corrected chi connectivity index (χ1v) is 16.2. The molecule has 1 aliphatic rings. The third-order valence-electron chi connectivity index (χ3n) is 10.1. The third-order valence-corrected chi connectivity index (χ3v) is 10.1. The SMILES string of the molecule is Cc1ccc(-c2ccc3c(c2C)B(c2c(C)cccc2C)c2ccccc2B3c2c(C)cc(-c3ccccc3)cc2C)[n+](C)c1. The van der Waals surface area contributed by atoms with Crippen molar-refractivity contribution in [2.24, 2.45) is 7.05 Å². The van der Waals surface area contributed by atoms with Crippen LogP contribution in [-0.2, 0) is 7.05 Å². The number of fused-ring (bicyclic) bond motifs is 2. The average molecular weight is 580 g/mol. The Labute approximate surface area is 269 Å². The van der Waals surface area contributed by atoms with E-state index in [0.29, 0.717) is 0 Å². The second-order valence-electron chi connectivity index (χ2n) is 13.1. The fourth-order valence-corrected chi connectivity index (χ4v) is 8.17. The number of rotatable bonds is 4. The van der Waals surface area contributed by atoms with Crippen molar-refractivity contribution < 1.29 is 4.57 Å². The van der Waals surface area contributed by atoms with Crippen LogP contribution in [0.4, 0.5) is 0 Å². The molecule has 0 spiro atoms. The van der Waals surface area contributed by atoms with Gasteiger partial charge in [-0.15, -0.1) is 0 Å². The summed E-state index contributed by atoms with van der Waals surface area (Å²) in [5.74, 6) is 0. The Bertz CT molecular complexity index is 2050. The van der Waals surface area contributed by atoms with Crippen molar-refractivity contribution in [3.05, 3.63) is 149 Å². The monoisotopic (exact) mass is 580 g/mol. The van der Waals surface area contributed by atoms with Crippen LogP contribution in [-0.4, -0.2) is 13.4 Å². The van der Waals surface area contributed by atoms with E-state index in [0.717, 1.165) is 0 Å². The van der Waals surface area contributed by atoms with E-state index in [2.05, 4.69) is 169 Å². The van der Waals surface area contributed by atoms with Gasteiger partial charge in [0, 0.05) is 17.2 Å². The predicted octanol–water partition coefficient (Wildman–Crippen LogP) is 5.04. The van der Waals surface area contributed by atoms with Crippen molar-refractivity contribution in [2.45, 2.75) is 41.5 Å². The van der Waals surface area contributed by atoms with Gasteiger partial charge in [-0.1, -0.05) is 146 Å². The molecule has 0 unspecified atom stereocenters. The van der Waals surface area contributed by atoms with Crippen molar-refractivity contribution in [2.75, 3.05) is 0 Å². The zero-order chi connectivity index (χ0) is 31.4. The van der Waals surface area contributed by atoms with Crippen LogP contribution in [0, 0.1) is 41.5 Å². The average Bonchev–Trinajstić information content (AvgIpc) is 3.02. The van der Waals surface area contributed by atoms with Gasteiger partial charge >= 0.3 is 0 Å². The van der Waals surface area contributed by atoms with Crippen LogP contribution < -0.4 is 37.3 Å². The van der Waals surface area contributed by atoms with Gasteiger partial charge in [-0.05, 0) is 70.4 Å². The minimum Gasteiger partial charge on any atom is -0.201 e. The van der Waals surface area contributed by atoms with Crippen molar-refractivity contribution in [3.8, 4) is 22.4 Å². The summed E-state index contributed by atoms with van der Waals surface area (Å²) in [6.45, 7) is 14.0. The Balaban J connectivity index is 1.54. The van der Waals surface area contributed by atoms with E-state index in [9.17, 15) is 0 Å². The van der Waals surface area contributed by atoms with E-state index in [1.54, 1.807) is 0 Å².